The maximum atomic E-state index is 12.4. The maximum Gasteiger partial charge on any atom is 0.265 e. The van der Waals surface area contributed by atoms with Gasteiger partial charge in [0.2, 0.25) is 0 Å². The van der Waals surface area contributed by atoms with E-state index in [9.17, 15) is 8.42 Å². The van der Waals surface area contributed by atoms with E-state index < -0.39 is 10.0 Å². The van der Waals surface area contributed by atoms with E-state index in [1.807, 2.05) is 6.07 Å². The van der Waals surface area contributed by atoms with Gasteiger partial charge in [-0.05, 0) is 39.7 Å². The molecular formula is C13H14BrN3O3S. The van der Waals surface area contributed by atoms with Gasteiger partial charge in [-0.3, -0.25) is 4.72 Å². The van der Waals surface area contributed by atoms with Crippen molar-refractivity contribution in [2.24, 2.45) is 0 Å². The van der Waals surface area contributed by atoms with Crippen LogP contribution in [0, 0.1) is 0 Å². The van der Waals surface area contributed by atoms with Gasteiger partial charge in [0.1, 0.15) is 10.7 Å². The topological polar surface area (TPSA) is 94.3 Å². The molecule has 0 saturated carbocycles. The van der Waals surface area contributed by atoms with Crippen LogP contribution in [0.4, 0.5) is 11.5 Å². The van der Waals surface area contributed by atoms with Crippen molar-refractivity contribution in [1.82, 2.24) is 4.98 Å². The van der Waals surface area contributed by atoms with Crippen molar-refractivity contribution >= 4 is 37.5 Å². The number of methoxy groups -OCH3 is 1. The first-order valence-electron chi connectivity index (χ1n) is 5.94. The van der Waals surface area contributed by atoms with Gasteiger partial charge in [-0.25, -0.2) is 13.4 Å². The summed E-state index contributed by atoms with van der Waals surface area (Å²) in [5, 5.41) is 0. The molecule has 1 aromatic carbocycles. The average molecular weight is 372 g/mol. The Morgan fingerprint density at radius 3 is 2.86 bits per heavy atom. The van der Waals surface area contributed by atoms with Gasteiger partial charge in [0, 0.05) is 23.5 Å². The number of hydrogen-bond donors (Lipinski definition) is 2. The quantitative estimate of drug-likeness (QED) is 0.841. The summed E-state index contributed by atoms with van der Waals surface area (Å²) in [4.78, 5) is 3.75. The molecule has 8 heteroatoms. The number of aromatic nitrogens is 1. The first-order valence-corrected chi connectivity index (χ1v) is 8.22. The summed E-state index contributed by atoms with van der Waals surface area (Å²) < 4.78 is 32.8. The number of anilines is 2. The summed E-state index contributed by atoms with van der Waals surface area (Å²) in [5.74, 6) is -0.0567. The number of sulfonamides is 1. The lowest BCUT2D eigenvalue weighted by Crippen LogP contribution is -2.15. The van der Waals surface area contributed by atoms with Crippen molar-refractivity contribution in [3.05, 3.63) is 46.6 Å². The molecule has 0 radical (unpaired) electrons. The van der Waals surface area contributed by atoms with Gasteiger partial charge in [-0.2, -0.15) is 0 Å². The molecule has 0 saturated heterocycles. The van der Waals surface area contributed by atoms with Crippen molar-refractivity contribution in [3.63, 3.8) is 0 Å². The third-order valence-corrected chi connectivity index (χ3v) is 4.47. The van der Waals surface area contributed by atoms with Gasteiger partial charge in [0.05, 0.1) is 6.61 Å². The minimum Gasteiger partial charge on any atom is -0.383 e. The number of benzene rings is 1. The lowest BCUT2D eigenvalue weighted by Gasteiger charge is -2.11. The van der Waals surface area contributed by atoms with Crippen molar-refractivity contribution in [1.29, 1.82) is 0 Å². The molecule has 0 unspecified atom stereocenters. The second kappa shape index (κ2) is 6.42. The standard InChI is InChI=1S/C13H14BrN3O3S/c1-20-8-9-3-2-4-11(5-9)17-21(18,19)12-6-10(14)7-16-13(12)15/h2-7,17H,8H2,1H3,(H2,15,16). The van der Waals surface area contributed by atoms with Crippen LogP contribution in [-0.2, 0) is 21.4 Å². The third kappa shape index (κ3) is 3.93. The zero-order valence-electron chi connectivity index (χ0n) is 11.2. The summed E-state index contributed by atoms with van der Waals surface area (Å²) in [5.41, 5.74) is 6.93. The molecule has 21 heavy (non-hydrogen) atoms. The highest BCUT2D eigenvalue weighted by Crippen LogP contribution is 2.23. The van der Waals surface area contributed by atoms with Crippen molar-refractivity contribution in [2.75, 3.05) is 17.6 Å². The lowest BCUT2D eigenvalue weighted by atomic mass is 10.2. The molecule has 0 aliphatic heterocycles. The highest BCUT2D eigenvalue weighted by atomic mass is 79.9. The van der Waals surface area contributed by atoms with Gasteiger partial charge in [-0.15, -0.1) is 0 Å². The van der Waals surface area contributed by atoms with Gasteiger partial charge in [-0.1, -0.05) is 12.1 Å². The first kappa shape index (κ1) is 15.7. The Kier molecular flexibility index (Phi) is 4.81. The Labute approximate surface area is 131 Å². The van der Waals surface area contributed by atoms with E-state index in [1.54, 1.807) is 25.3 Å². The van der Waals surface area contributed by atoms with E-state index >= 15 is 0 Å². The molecule has 0 atom stereocenters. The molecule has 6 nitrogen and oxygen atoms in total. The van der Waals surface area contributed by atoms with Crippen LogP contribution >= 0.6 is 15.9 Å². The lowest BCUT2D eigenvalue weighted by molar-refractivity contribution is 0.185. The van der Waals surface area contributed by atoms with E-state index in [4.69, 9.17) is 10.5 Å². The van der Waals surface area contributed by atoms with E-state index in [-0.39, 0.29) is 10.7 Å². The van der Waals surface area contributed by atoms with Crippen LogP contribution in [0.15, 0.2) is 45.9 Å². The number of halogens is 1. The van der Waals surface area contributed by atoms with E-state index in [0.29, 0.717) is 16.8 Å². The number of ether oxygens (including phenoxy) is 1. The van der Waals surface area contributed by atoms with Crippen LogP contribution in [0.3, 0.4) is 0 Å². The Morgan fingerprint density at radius 2 is 2.14 bits per heavy atom. The molecule has 0 amide bonds. The minimum atomic E-state index is -3.81. The Bertz CT molecular complexity index is 750. The number of nitrogen functional groups attached to an aromatic ring is 1. The van der Waals surface area contributed by atoms with Crippen LogP contribution in [0.5, 0.6) is 0 Å². The third-order valence-electron chi connectivity index (χ3n) is 2.63. The van der Waals surface area contributed by atoms with Crippen LogP contribution in [0.25, 0.3) is 0 Å². The van der Waals surface area contributed by atoms with Gasteiger partial charge in [0.25, 0.3) is 10.0 Å². The van der Waals surface area contributed by atoms with Crippen LogP contribution in [0.2, 0.25) is 0 Å². The largest absolute Gasteiger partial charge is 0.383 e. The zero-order chi connectivity index (χ0) is 15.5. The second-order valence-corrected chi connectivity index (χ2v) is 6.84. The first-order chi connectivity index (χ1) is 9.92. The number of nitrogens with one attached hydrogen (secondary N) is 1. The highest BCUT2D eigenvalue weighted by Gasteiger charge is 2.19. The van der Waals surface area contributed by atoms with E-state index in [2.05, 4.69) is 25.6 Å². The Balaban J connectivity index is 2.33. The monoisotopic (exact) mass is 371 g/mol. The molecule has 0 aliphatic rings. The number of hydrogen-bond acceptors (Lipinski definition) is 5. The van der Waals surface area contributed by atoms with Crippen LogP contribution < -0.4 is 10.5 Å². The molecule has 0 aliphatic carbocycles. The fraction of sp³-hybridized carbons (Fsp3) is 0.154. The summed E-state index contributed by atoms with van der Waals surface area (Å²) in [6.07, 6.45) is 1.44. The molecule has 2 rings (SSSR count). The van der Waals surface area contributed by atoms with Gasteiger partial charge >= 0.3 is 0 Å². The summed E-state index contributed by atoms with van der Waals surface area (Å²) in [6.45, 7) is 0.399. The number of nitrogens with two attached hydrogens (primary N) is 1. The molecular weight excluding hydrogens is 358 g/mol. The SMILES string of the molecule is COCc1cccc(NS(=O)(=O)c2cc(Br)cnc2N)c1. The van der Waals surface area contributed by atoms with E-state index in [1.165, 1.54) is 12.3 Å². The number of rotatable bonds is 5. The van der Waals surface area contributed by atoms with Gasteiger partial charge in [0.15, 0.2) is 0 Å². The van der Waals surface area contributed by atoms with Crippen molar-refractivity contribution < 1.29 is 13.2 Å². The molecule has 3 N–H and O–H groups in total. The van der Waals surface area contributed by atoms with Crippen molar-refractivity contribution in [3.8, 4) is 0 Å². The minimum absolute atomic E-state index is 0.0567. The summed E-state index contributed by atoms with van der Waals surface area (Å²) >= 11 is 3.18. The second-order valence-electron chi connectivity index (χ2n) is 4.28. The highest BCUT2D eigenvalue weighted by molar-refractivity contribution is 9.10. The Morgan fingerprint density at radius 1 is 1.38 bits per heavy atom. The smallest absolute Gasteiger partial charge is 0.265 e. The van der Waals surface area contributed by atoms with Crippen molar-refractivity contribution in [2.45, 2.75) is 11.5 Å². The molecule has 2 aromatic rings. The normalized spacial score (nSPS) is 11.3. The summed E-state index contributed by atoms with van der Waals surface area (Å²) in [6, 6.07) is 8.34. The van der Waals surface area contributed by atoms with E-state index in [0.717, 1.165) is 5.56 Å². The fourth-order valence-corrected chi connectivity index (χ4v) is 3.39. The molecule has 0 spiro atoms. The molecule has 0 fully saturated rings. The number of pyridine rings is 1. The maximum absolute atomic E-state index is 12.4. The van der Waals surface area contributed by atoms with Crippen LogP contribution in [-0.4, -0.2) is 20.5 Å². The summed E-state index contributed by atoms with van der Waals surface area (Å²) in [7, 11) is -2.23. The van der Waals surface area contributed by atoms with Gasteiger partial charge < -0.3 is 10.5 Å². The number of nitrogens with zero attached hydrogens (tertiary/aromatic N) is 1. The average Bonchev–Trinajstić information content (AvgIpc) is 2.42. The fourth-order valence-electron chi connectivity index (χ4n) is 1.75. The predicted molar refractivity (Wildman–Crippen MR) is 84.3 cm³/mol. The zero-order valence-corrected chi connectivity index (χ0v) is 13.6. The predicted octanol–water partition coefficient (Wildman–Crippen LogP) is 2.37. The Hall–Kier alpha value is -1.64. The van der Waals surface area contributed by atoms with Crippen LogP contribution in [0.1, 0.15) is 5.56 Å². The molecule has 1 heterocycles. The molecule has 1 aromatic heterocycles. The molecule has 0 bridgehead atoms. The molecule has 112 valence electrons.